The van der Waals surface area contributed by atoms with Crippen LogP contribution in [-0.4, -0.2) is 16.9 Å². The zero-order valence-corrected chi connectivity index (χ0v) is 9.49. The minimum Gasteiger partial charge on any atom is -0.367 e. The van der Waals surface area contributed by atoms with E-state index < -0.39 is 0 Å². The number of nitrogens with zero attached hydrogens (tertiary/aromatic N) is 1. The minimum absolute atomic E-state index is 0.0710. The van der Waals surface area contributed by atoms with Crippen molar-refractivity contribution in [2.75, 3.05) is 10.6 Å². The molecular formula is C12H17N3O. The highest BCUT2D eigenvalue weighted by atomic mass is 16.1. The quantitative estimate of drug-likeness (QED) is 0.820. The van der Waals surface area contributed by atoms with E-state index >= 15 is 0 Å². The molecule has 16 heavy (non-hydrogen) atoms. The molecule has 1 aliphatic carbocycles. The normalized spacial score (nSPS) is 16.1. The van der Waals surface area contributed by atoms with Crippen molar-refractivity contribution in [1.29, 1.82) is 0 Å². The molecule has 1 saturated carbocycles. The van der Waals surface area contributed by atoms with E-state index in [2.05, 4.69) is 15.6 Å². The summed E-state index contributed by atoms with van der Waals surface area (Å²) in [5.74, 6) is 0.819. The van der Waals surface area contributed by atoms with Crippen molar-refractivity contribution < 1.29 is 4.79 Å². The highest BCUT2D eigenvalue weighted by Crippen LogP contribution is 2.21. The van der Waals surface area contributed by atoms with Crippen molar-refractivity contribution in [1.82, 2.24) is 4.98 Å². The molecule has 0 radical (unpaired) electrons. The van der Waals surface area contributed by atoms with Crippen molar-refractivity contribution in [3.05, 3.63) is 18.3 Å². The van der Waals surface area contributed by atoms with Crippen molar-refractivity contribution in [3.63, 3.8) is 0 Å². The van der Waals surface area contributed by atoms with Gasteiger partial charge < -0.3 is 10.6 Å². The van der Waals surface area contributed by atoms with E-state index in [4.69, 9.17) is 0 Å². The predicted molar refractivity (Wildman–Crippen MR) is 64.4 cm³/mol. The summed E-state index contributed by atoms with van der Waals surface area (Å²) in [6.07, 6.45) is 6.76. The third-order valence-corrected chi connectivity index (χ3v) is 2.79. The molecule has 1 aliphatic rings. The molecule has 4 heteroatoms. The monoisotopic (exact) mass is 219 g/mol. The van der Waals surface area contributed by atoms with Gasteiger partial charge in [-0.25, -0.2) is 4.98 Å². The molecule has 1 aromatic rings. The van der Waals surface area contributed by atoms with E-state index in [1.54, 1.807) is 6.20 Å². The molecule has 1 amide bonds. The molecule has 0 unspecified atom stereocenters. The fraction of sp³-hybridized carbons (Fsp3) is 0.500. The molecule has 1 heterocycles. The maximum atomic E-state index is 10.8. The summed E-state index contributed by atoms with van der Waals surface area (Å²) in [6.45, 7) is 1.49. The molecule has 2 rings (SSSR count). The zero-order chi connectivity index (χ0) is 11.4. The second kappa shape index (κ2) is 4.96. The summed E-state index contributed by atoms with van der Waals surface area (Å²) < 4.78 is 0. The van der Waals surface area contributed by atoms with Gasteiger partial charge in [0.05, 0.1) is 11.9 Å². The maximum absolute atomic E-state index is 10.8. The minimum atomic E-state index is -0.0710. The van der Waals surface area contributed by atoms with E-state index in [0.717, 1.165) is 11.5 Å². The fourth-order valence-corrected chi connectivity index (χ4v) is 2.04. The van der Waals surface area contributed by atoms with Crippen LogP contribution >= 0.6 is 0 Å². The van der Waals surface area contributed by atoms with Crippen LogP contribution < -0.4 is 10.6 Å². The number of aromatic nitrogens is 1. The van der Waals surface area contributed by atoms with Gasteiger partial charge in [-0.15, -0.1) is 0 Å². The first-order valence-corrected chi connectivity index (χ1v) is 5.74. The smallest absolute Gasteiger partial charge is 0.221 e. The summed E-state index contributed by atoms with van der Waals surface area (Å²) in [4.78, 5) is 15.1. The number of hydrogen-bond donors (Lipinski definition) is 2. The molecule has 0 aromatic carbocycles. The molecule has 0 saturated heterocycles. The Morgan fingerprint density at radius 2 is 2.12 bits per heavy atom. The summed E-state index contributed by atoms with van der Waals surface area (Å²) in [6, 6.07) is 4.34. The van der Waals surface area contributed by atoms with Crippen molar-refractivity contribution in [3.8, 4) is 0 Å². The highest BCUT2D eigenvalue weighted by Gasteiger charge is 2.14. The van der Waals surface area contributed by atoms with Gasteiger partial charge in [-0.2, -0.15) is 0 Å². The van der Waals surface area contributed by atoms with Crippen LogP contribution in [0.1, 0.15) is 32.6 Å². The first-order chi connectivity index (χ1) is 7.74. The van der Waals surface area contributed by atoms with Gasteiger partial charge in [-0.3, -0.25) is 4.79 Å². The number of rotatable bonds is 3. The lowest BCUT2D eigenvalue weighted by Gasteiger charge is -2.12. The van der Waals surface area contributed by atoms with Crippen molar-refractivity contribution >= 4 is 17.4 Å². The highest BCUT2D eigenvalue weighted by molar-refractivity contribution is 5.88. The van der Waals surface area contributed by atoms with E-state index in [0.29, 0.717) is 6.04 Å². The van der Waals surface area contributed by atoms with Crippen LogP contribution in [0.2, 0.25) is 0 Å². The number of pyridine rings is 1. The molecule has 0 spiro atoms. The van der Waals surface area contributed by atoms with Crippen molar-refractivity contribution in [2.24, 2.45) is 0 Å². The van der Waals surface area contributed by atoms with E-state index in [1.165, 1.54) is 32.6 Å². The van der Waals surface area contributed by atoms with Gasteiger partial charge in [0, 0.05) is 13.0 Å². The molecule has 86 valence electrons. The second-order valence-electron chi connectivity index (χ2n) is 4.24. The molecule has 2 N–H and O–H groups in total. The predicted octanol–water partition coefficient (Wildman–Crippen LogP) is 2.39. The van der Waals surface area contributed by atoms with Gasteiger partial charge in [0.15, 0.2) is 0 Å². The third kappa shape index (κ3) is 2.95. The van der Waals surface area contributed by atoms with E-state index in [9.17, 15) is 4.79 Å². The number of anilines is 2. The van der Waals surface area contributed by atoms with Gasteiger partial charge in [-0.1, -0.05) is 12.8 Å². The van der Waals surface area contributed by atoms with Gasteiger partial charge in [0.1, 0.15) is 5.82 Å². The van der Waals surface area contributed by atoms with E-state index in [1.807, 2.05) is 12.1 Å². The van der Waals surface area contributed by atoms with Gasteiger partial charge >= 0.3 is 0 Å². The Morgan fingerprint density at radius 1 is 1.38 bits per heavy atom. The lowest BCUT2D eigenvalue weighted by atomic mass is 10.2. The lowest BCUT2D eigenvalue weighted by molar-refractivity contribution is -0.114. The molecule has 0 atom stereocenters. The molecule has 1 aromatic heterocycles. The largest absolute Gasteiger partial charge is 0.367 e. The number of amides is 1. The summed E-state index contributed by atoms with van der Waals surface area (Å²) in [5.41, 5.74) is 0.740. The number of carbonyl (C=O) groups is 1. The SMILES string of the molecule is CC(=O)Nc1ccc(NC2CCCC2)nc1. The maximum Gasteiger partial charge on any atom is 0.221 e. The zero-order valence-electron chi connectivity index (χ0n) is 9.49. The third-order valence-electron chi connectivity index (χ3n) is 2.79. The first kappa shape index (κ1) is 10.9. The molecule has 0 aliphatic heterocycles. The van der Waals surface area contributed by atoms with Crippen LogP contribution in [-0.2, 0) is 4.79 Å². The van der Waals surface area contributed by atoms with Crippen LogP contribution in [0.3, 0.4) is 0 Å². The van der Waals surface area contributed by atoms with Gasteiger partial charge in [-0.05, 0) is 25.0 Å². The Bertz CT molecular complexity index is 355. The Kier molecular flexibility index (Phi) is 3.39. The Hall–Kier alpha value is -1.58. The molecule has 4 nitrogen and oxygen atoms in total. The Balaban J connectivity index is 1.93. The number of nitrogens with one attached hydrogen (secondary N) is 2. The van der Waals surface area contributed by atoms with Crippen LogP contribution in [0.5, 0.6) is 0 Å². The van der Waals surface area contributed by atoms with Crippen molar-refractivity contribution in [2.45, 2.75) is 38.6 Å². The molecular weight excluding hydrogens is 202 g/mol. The fourth-order valence-electron chi connectivity index (χ4n) is 2.04. The summed E-state index contributed by atoms with van der Waals surface area (Å²) in [5, 5.41) is 6.09. The number of hydrogen-bond acceptors (Lipinski definition) is 3. The van der Waals surface area contributed by atoms with Crippen LogP contribution in [0.25, 0.3) is 0 Å². The van der Waals surface area contributed by atoms with E-state index in [-0.39, 0.29) is 5.91 Å². The van der Waals surface area contributed by atoms with Crippen LogP contribution in [0, 0.1) is 0 Å². The summed E-state index contributed by atoms with van der Waals surface area (Å²) in [7, 11) is 0. The lowest BCUT2D eigenvalue weighted by Crippen LogP contribution is -2.15. The average Bonchev–Trinajstić information content (AvgIpc) is 2.73. The Morgan fingerprint density at radius 3 is 2.69 bits per heavy atom. The Labute approximate surface area is 95.5 Å². The average molecular weight is 219 g/mol. The topological polar surface area (TPSA) is 54.0 Å². The van der Waals surface area contributed by atoms with Crippen LogP contribution in [0.4, 0.5) is 11.5 Å². The molecule has 0 bridgehead atoms. The van der Waals surface area contributed by atoms with Gasteiger partial charge in [0.25, 0.3) is 0 Å². The second-order valence-corrected chi connectivity index (χ2v) is 4.24. The summed E-state index contributed by atoms with van der Waals surface area (Å²) >= 11 is 0. The molecule has 1 fully saturated rings. The first-order valence-electron chi connectivity index (χ1n) is 5.74. The standard InChI is InChI=1S/C12H17N3O/c1-9(16)14-11-6-7-12(13-8-11)15-10-4-2-3-5-10/h6-8,10H,2-5H2,1H3,(H,13,15)(H,14,16). The van der Waals surface area contributed by atoms with Gasteiger partial charge in [0.2, 0.25) is 5.91 Å². The number of carbonyl (C=O) groups excluding carboxylic acids is 1. The van der Waals surface area contributed by atoms with Crippen LogP contribution in [0.15, 0.2) is 18.3 Å².